The molecular formula is C18H34N2O. The molecule has 122 valence electrons. The summed E-state index contributed by atoms with van der Waals surface area (Å²) in [5.74, 6) is 0. The van der Waals surface area contributed by atoms with Crippen LogP contribution in [0.25, 0.3) is 0 Å². The van der Waals surface area contributed by atoms with E-state index in [1.54, 1.807) is 0 Å². The number of hydrogen-bond donors (Lipinski definition) is 1. The number of ether oxygens (including phenoxy) is 1. The number of nitrogens with zero attached hydrogens (tertiary/aromatic N) is 1. The Morgan fingerprint density at radius 1 is 1.14 bits per heavy atom. The number of piperazine rings is 1. The van der Waals surface area contributed by atoms with Gasteiger partial charge in [-0.25, -0.2) is 0 Å². The van der Waals surface area contributed by atoms with Crippen LogP contribution in [0.5, 0.6) is 0 Å². The summed E-state index contributed by atoms with van der Waals surface area (Å²) in [5.41, 5.74) is 0.816. The molecule has 3 aliphatic rings. The fraction of sp³-hybridized carbons (Fsp3) is 1.00. The summed E-state index contributed by atoms with van der Waals surface area (Å²) in [7, 11) is 0. The van der Waals surface area contributed by atoms with Gasteiger partial charge in [0.15, 0.2) is 0 Å². The lowest BCUT2D eigenvalue weighted by Gasteiger charge is -2.53. The predicted octanol–water partition coefficient (Wildman–Crippen LogP) is 3.33. The van der Waals surface area contributed by atoms with Crippen molar-refractivity contribution in [3.63, 3.8) is 0 Å². The fourth-order valence-electron chi connectivity index (χ4n) is 4.79. The lowest BCUT2D eigenvalue weighted by atomic mass is 9.82. The van der Waals surface area contributed by atoms with Gasteiger partial charge >= 0.3 is 0 Å². The van der Waals surface area contributed by atoms with Gasteiger partial charge in [-0.3, -0.25) is 4.90 Å². The zero-order chi connectivity index (χ0) is 14.8. The minimum absolute atomic E-state index is 0.352. The van der Waals surface area contributed by atoms with Gasteiger partial charge in [0, 0.05) is 37.3 Å². The highest BCUT2D eigenvalue weighted by Crippen LogP contribution is 2.40. The summed E-state index contributed by atoms with van der Waals surface area (Å²) in [6, 6.07) is 0. The Kier molecular flexibility index (Phi) is 4.92. The molecule has 0 aromatic rings. The Labute approximate surface area is 130 Å². The second-order valence-electron chi connectivity index (χ2n) is 7.62. The normalized spacial score (nSPS) is 32.0. The molecule has 0 aromatic carbocycles. The summed E-state index contributed by atoms with van der Waals surface area (Å²) in [6.07, 6.45) is 12.5. The van der Waals surface area contributed by atoms with E-state index in [0.29, 0.717) is 17.2 Å². The van der Waals surface area contributed by atoms with E-state index >= 15 is 0 Å². The van der Waals surface area contributed by atoms with Crippen LogP contribution in [0.3, 0.4) is 0 Å². The van der Waals surface area contributed by atoms with E-state index in [2.05, 4.69) is 24.1 Å². The SMILES string of the molecule is CCC1(CC)CN(CCC2CCCO2)C2(CCCC2)CN1. The molecule has 1 unspecified atom stereocenters. The highest BCUT2D eigenvalue weighted by Gasteiger charge is 2.47. The van der Waals surface area contributed by atoms with Crippen LogP contribution in [0, 0.1) is 0 Å². The van der Waals surface area contributed by atoms with Crippen molar-refractivity contribution in [3.8, 4) is 0 Å². The quantitative estimate of drug-likeness (QED) is 0.842. The third-order valence-corrected chi connectivity index (χ3v) is 6.59. The average Bonchev–Trinajstić information content (AvgIpc) is 3.19. The zero-order valence-electron chi connectivity index (χ0n) is 14.1. The van der Waals surface area contributed by atoms with Crippen molar-refractivity contribution in [2.24, 2.45) is 0 Å². The summed E-state index contributed by atoms with van der Waals surface area (Å²) in [4.78, 5) is 2.87. The van der Waals surface area contributed by atoms with E-state index in [9.17, 15) is 0 Å². The molecule has 1 saturated carbocycles. The summed E-state index contributed by atoms with van der Waals surface area (Å²) < 4.78 is 5.86. The largest absolute Gasteiger partial charge is 0.378 e. The molecule has 0 aromatic heterocycles. The van der Waals surface area contributed by atoms with E-state index in [4.69, 9.17) is 4.74 Å². The van der Waals surface area contributed by atoms with Gasteiger partial charge in [-0.15, -0.1) is 0 Å². The van der Waals surface area contributed by atoms with Crippen LogP contribution in [0.4, 0.5) is 0 Å². The van der Waals surface area contributed by atoms with E-state index < -0.39 is 0 Å². The monoisotopic (exact) mass is 294 g/mol. The first-order valence-electron chi connectivity index (χ1n) is 9.34. The second-order valence-corrected chi connectivity index (χ2v) is 7.62. The molecule has 1 atom stereocenters. The number of nitrogens with one attached hydrogen (secondary N) is 1. The Morgan fingerprint density at radius 3 is 2.52 bits per heavy atom. The Balaban J connectivity index is 1.67. The zero-order valence-corrected chi connectivity index (χ0v) is 14.1. The van der Waals surface area contributed by atoms with E-state index in [1.165, 1.54) is 77.4 Å². The first kappa shape index (κ1) is 15.8. The van der Waals surface area contributed by atoms with Gasteiger partial charge < -0.3 is 10.1 Å². The van der Waals surface area contributed by atoms with Crippen molar-refractivity contribution in [3.05, 3.63) is 0 Å². The van der Waals surface area contributed by atoms with E-state index in [0.717, 1.165) is 6.61 Å². The van der Waals surface area contributed by atoms with Crippen LogP contribution in [0.1, 0.15) is 71.6 Å². The molecule has 2 saturated heterocycles. The van der Waals surface area contributed by atoms with Gasteiger partial charge in [0.05, 0.1) is 6.10 Å². The molecule has 1 aliphatic carbocycles. The Morgan fingerprint density at radius 2 is 1.90 bits per heavy atom. The van der Waals surface area contributed by atoms with E-state index in [1.807, 2.05) is 0 Å². The molecule has 0 radical (unpaired) electrons. The summed E-state index contributed by atoms with van der Waals surface area (Å²) >= 11 is 0. The third-order valence-electron chi connectivity index (χ3n) is 6.59. The molecule has 3 heteroatoms. The van der Waals surface area contributed by atoms with Gasteiger partial charge in [-0.1, -0.05) is 26.7 Å². The van der Waals surface area contributed by atoms with Crippen molar-refractivity contribution in [1.29, 1.82) is 0 Å². The first-order chi connectivity index (χ1) is 10.2. The van der Waals surface area contributed by atoms with Crippen LogP contribution in [-0.4, -0.2) is 48.3 Å². The molecule has 2 aliphatic heterocycles. The van der Waals surface area contributed by atoms with Crippen molar-refractivity contribution in [2.45, 2.75) is 88.8 Å². The van der Waals surface area contributed by atoms with Crippen molar-refractivity contribution in [2.75, 3.05) is 26.2 Å². The highest BCUT2D eigenvalue weighted by molar-refractivity contribution is 5.06. The molecule has 0 bridgehead atoms. The lowest BCUT2D eigenvalue weighted by molar-refractivity contribution is -0.00765. The first-order valence-corrected chi connectivity index (χ1v) is 9.34. The maximum atomic E-state index is 5.86. The molecule has 3 fully saturated rings. The molecule has 3 nitrogen and oxygen atoms in total. The molecule has 1 N–H and O–H groups in total. The smallest absolute Gasteiger partial charge is 0.0588 e. The van der Waals surface area contributed by atoms with Crippen LogP contribution >= 0.6 is 0 Å². The van der Waals surface area contributed by atoms with Crippen LogP contribution in [0.2, 0.25) is 0 Å². The molecular weight excluding hydrogens is 260 g/mol. The fourth-order valence-corrected chi connectivity index (χ4v) is 4.79. The van der Waals surface area contributed by atoms with Gasteiger partial charge in [0.1, 0.15) is 0 Å². The van der Waals surface area contributed by atoms with E-state index in [-0.39, 0.29) is 0 Å². The van der Waals surface area contributed by atoms with Gasteiger partial charge in [-0.2, -0.15) is 0 Å². The minimum atomic E-state index is 0.352. The molecule has 21 heavy (non-hydrogen) atoms. The molecule has 1 spiro atoms. The van der Waals surface area contributed by atoms with Crippen LogP contribution < -0.4 is 5.32 Å². The minimum Gasteiger partial charge on any atom is -0.378 e. The molecule has 0 amide bonds. The maximum Gasteiger partial charge on any atom is 0.0588 e. The van der Waals surface area contributed by atoms with Crippen molar-refractivity contribution >= 4 is 0 Å². The Bertz CT molecular complexity index is 328. The molecule has 3 rings (SSSR count). The number of hydrogen-bond acceptors (Lipinski definition) is 3. The van der Waals surface area contributed by atoms with Gasteiger partial charge in [-0.05, 0) is 44.9 Å². The standard InChI is InChI=1S/C18H34N2O/c1-3-17(4-2)15-20(12-9-16-8-7-13-21-16)18(14-19-17)10-5-6-11-18/h16,19H,3-15H2,1-2H3. The highest BCUT2D eigenvalue weighted by atomic mass is 16.5. The maximum absolute atomic E-state index is 5.86. The lowest BCUT2D eigenvalue weighted by Crippen LogP contribution is -2.69. The van der Waals surface area contributed by atoms with Crippen molar-refractivity contribution < 1.29 is 4.74 Å². The van der Waals surface area contributed by atoms with Crippen LogP contribution in [-0.2, 0) is 4.74 Å². The summed E-state index contributed by atoms with van der Waals surface area (Å²) in [6.45, 7) is 9.38. The second kappa shape index (κ2) is 6.55. The average molecular weight is 294 g/mol. The molecule has 2 heterocycles. The summed E-state index contributed by atoms with van der Waals surface area (Å²) in [5, 5.41) is 3.95. The van der Waals surface area contributed by atoms with Gasteiger partial charge in [0.25, 0.3) is 0 Å². The third kappa shape index (κ3) is 3.16. The Hall–Kier alpha value is -0.120. The number of rotatable bonds is 5. The van der Waals surface area contributed by atoms with Gasteiger partial charge in [0.2, 0.25) is 0 Å². The van der Waals surface area contributed by atoms with Crippen molar-refractivity contribution in [1.82, 2.24) is 10.2 Å². The topological polar surface area (TPSA) is 24.5 Å². The predicted molar refractivity (Wildman–Crippen MR) is 87.7 cm³/mol. The van der Waals surface area contributed by atoms with Crippen LogP contribution in [0.15, 0.2) is 0 Å².